The molecule has 0 saturated heterocycles. The molecule has 5 nitrogen and oxygen atoms in total. The van der Waals surface area contributed by atoms with Crippen LogP contribution in [0.5, 0.6) is 0 Å². The van der Waals surface area contributed by atoms with Gasteiger partial charge in [0.15, 0.2) is 5.71 Å². The number of ketones is 1. The number of Topliss-reactive ketones (excluding diaryl/α,β-unsaturated/α-hetero) is 1. The second-order valence-corrected chi connectivity index (χ2v) is 10.1. The van der Waals surface area contributed by atoms with Gasteiger partial charge in [0.05, 0.1) is 5.52 Å². The smallest absolute Gasteiger partial charge is 0.332 e. The Morgan fingerprint density at radius 3 is 2.21 bits per heavy atom. The molecule has 1 heterocycles. The summed E-state index contributed by atoms with van der Waals surface area (Å²) in [5, 5.41) is 8.06. The Morgan fingerprint density at radius 1 is 0.846 bits per heavy atom. The summed E-state index contributed by atoms with van der Waals surface area (Å²) in [6, 6.07) is 27.7. The second kappa shape index (κ2) is 11.6. The van der Waals surface area contributed by atoms with E-state index in [0.717, 1.165) is 40.0 Å². The third-order valence-corrected chi connectivity index (χ3v) is 7.53. The summed E-state index contributed by atoms with van der Waals surface area (Å²) in [7, 11) is 0. The van der Waals surface area contributed by atoms with Crippen molar-refractivity contribution in [2.45, 2.75) is 53.0 Å². The van der Waals surface area contributed by atoms with Gasteiger partial charge in [0.1, 0.15) is 0 Å². The van der Waals surface area contributed by atoms with Gasteiger partial charge in [0, 0.05) is 46.3 Å². The van der Waals surface area contributed by atoms with Crippen molar-refractivity contribution < 1.29 is 14.4 Å². The number of benzene rings is 4. The molecule has 0 saturated carbocycles. The van der Waals surface area contributed by atoms with Crippen LogP contribution in [0.25, 0.3) is 32.6 Å². The summed E-state index contributed by atoms with van der Waals surface area (Å²) in [5.41, 5.74) is 3.56. The molecular formula is C34H34N2O3. The number of aromatic nitrogens is 1. The minimum atomic E-state index is -0.576. The summed E-state index contributed by atoms with van der Waals surface area (Å²) in [5.74, 6) is -0.288. The summed E-state index contributed by atoms with van der Waals surface area (Å²) < 4.78 is 2.45. The van der Waals surface area contributed by atoms with E-state index in [4.69, 9.17) is 4.84 Å². The van der Waals surface area contributed by atoms with Gasteiger partial charge in [-0.15, -0.1) is 0 Å². The molecule has 0 N–H and O–H groups in total. The van der Waals surface area contributed by atoms with Crippen molar-refractivity contribution in [1.29, 1.82) is 0 Å². The molecule has 5 heteroatoms. The fourth-order valence-electron chi connectivity index (χ4n) is 5.53. The number of carbonyl (C=O) groups is 2. The van der Waals surface area contributed by atoms with E-state index in [1.54, 1.807) is 12.1 Å². The zero-order chi connectivity index (χ0) is 27.4. The number of unbranched alkanes of at least 4 members (excludes halogenated alkanes) is 1. The Kier molecular flexibility index (Phi) is 7.87. The van der Waals surface area contributed by atoms with E-state index >= 15 is 0 Å². The molecule has 1 unspecified atom stereocenters. The lowest BCUT2D eigenvalue weighted by molar-refractivity contribution is -0.140. The summed E-state index contributed by atoms with van der Waals surface area (Å²) in [6.07, 6.45) is 4.73. The highest BCUT2D eigenvalue weighted by Crippen LogP contribution is 2.37. The standard InChI is InChI=1S/C34H34N2O3/c1-4-6-14-24(5-2)22-36-31-20-13-12-18-27(31)29-21-30(26-17-10-11-19-28(26)33(29)36)34(38)32(35-39-23(3)37)25-15-8-7-9-16-25/h7-13,15-21,24H,4-6,14,22H2,1-3H3/b35-32+. The van der Waals surface area contributed by atoms with Crippen molar-refractivity contribution in [2.24, 2.45) is 11.1 Å². The molecule has 5 aromatic rings. The fourth-order valence-corrected chi connectivity index (χ4v) is 5.53. The highest BCUT2D eigenvalue weighted by atomic mass is 16.7. The second-order valence-electron chi connectivity index (χ2n) is 10.1. The first kappa shape index (κ1) is 26.4. The average Bonchev–Trinajstić information content (AvgIpc) is 3.28. The zero-order valence-corrected chi connectivity index (χ0v) is 22.8. The van der Waals surface area contributed by atoms with E-state index in [1.165, 1.54) is 31.7 Å². The summed E-state index contributed by atoms with van der Waals surface area (Å²) in [6.45, 7) is 6.72. The van der Waals surface area contributed by atoms with Gasteiger partial charge in [-0.1, -0.05) is 111 Å². The molecule has 0 aliphatic heterocycles. The molecule has 0 bridgehead atoms. The number of oxime groups is 1. The van der Waals surface area contributed by atoms with Crippen LogP contribution in [0.2, 0.25) is 0 Å². The predicted octanol–water partition coefficient (Wildman–Crippen LogP) is 8.31. The third kappa shape index (κ3) is 5.22. The van der Waals surface area contributed by atoms with Gasteiger partial charge in [-0.3, -0.25) is 4.79 Å². The van der Waals surface area contributed by atoms with Crippen molar-refractivity contribution in [3.63, 3.8) is 0 Å². The highest BCUT2D eigenvalue weighted by Gasteiger charge is 2.24. The van der Waals surface area contributed by atoms with E-state index in [1.807, 2.05) is 42.5 Å². The number of para-hydroxylation sites is 1. The Balaban J connectivity index is 1.76. The van der Waals surface area contributed by atoms with Gasteiger partial charge in [-0.05, 0) is 29.9 Å². The lowest BCUT2D eigenvalue weighted by Gasteiger charge is -2.18. The molecular weight excluding hydrogens is 484 g/mol. The Labute approximate surface area is 229 Å². The van der Waals surface area contributed by atoms with Gasteiger partial charge in [0.25, 0.3) is 0 Å². The minimum absolute atomic E-state index is 0.102. The van der Waals surface area contributed by atoms with E-state index in [-0.39, 0.29) is 11.5 Å². The topological polar surface area (TPSA) is 60.7 Å². The quantitative estimate of drug-likeness (QED) is 0.0808. The van der Waals surface area contributed by atoms with Crippen LogP contribution in [0.15, 0.2) is 90.1 Å². The van der Waals surface area contributed by atoms with Gasteiger partial charge >= 0.3 is 5.97 Å². The van der Waals surface area contributed by atoms with Crippen LogP contribution in [0.3, 0.4) is 0 Å². The molecule has 0 aliphatic rings. The van der Waals surface area contributed by atoms with E-state index in [9.17, 15) is 9.59 Å². The molecule has 0 radical (unpaired) electrons. The Hall–Kier alpha value is -4.25. The first-order valence-electron chi connectivity index (χ1n) is 13.8. The number of hydrogen-bond donors (Lipinski definition) is 0. The first-order chi connectivity index (χ1) is 19.0. The van der Waals surface area contributed by atoms with Crippen molar-refractivity contribution in [3.05, 3.63) is 96.1 Å². The number of rotatable bonds is 10. The number of nitrogens with zero attached hydrogens (tertiary/aromatic N) is 2. The van der Waals surface area contributed by atoms with Crippen LogP contribution in [-0.4, -0.2) is 22.0 Å². The van der Waals surface area contributed by atoms with E-state index < -0.39 is 5.97 Å². The molecule has 0 fully saturated rings. The van der Waals surface area contributed by atoms with Gasteiger partial charge in [-0.2, -0.15) is 0 Å². The van der Waals surface area contributed by atoms with Crippen LogP contribution < -0.4 is 0 Å². The average molecular weight is 519 g/mol. The SMILES string of the molecule is CCCCC(CC)Cn1c2ccccc2c2cc(C(=O)/C(=N/OC(C)=O)c3ccccc3)c3ccccc3c21. The summed E-state index contributed by atoms with van der Waals surface area (Å²) >= 11 is 0. The summed E-state index contributed by atoms with van der Waals surface area (Å²) in [4.78, 5) is 30.8. The largest absolute Gasteiger partial charge is 0.340 e. The van der Waals surface area contributed by atoms with Crippen LogP contribution in [0.4, 0.5) is 0 Å². The van der Waals surface area contributed by atoms with Crippen LogP contribution in [0.1, 0.15) is 62.4 Å². The minimum Gasteiger partial charge on any atom is -0.340 e. The maximum absolute atomic E-state index is 14.2. The van der Waals surface area contributed by atoms with Crippen LogP contribution in [-0.2, 0) is 16.2 Å². The maximum atomic E-state index is 14.2. The van der Waals surface area contributed by atoms with Gasteiger partial charge < -0.3 is 9.40 Å². The molecule has 0 aliphatic carbocycles. The van der Waals surface area contributed by atoms with Crippen molar-refractivity contribution in [1.82, 2.24) is 4.57 Å². The third-order valence-electron chi connectivity index (χ3n) is 7.53. The molecule has 198 valence electrons. The van der Waals surface area contributed by atoms with Crippen molar-refractivity contribution >= 4 is 50.0 Å². The number of fused-ring (bicyclic) bond motifs is 5. The molecule has 39 heavy (non-hydrogen) atoms. The van der Waals surface area contributed by atoms with E-state index in [2.05, 4.69) is 53.9 Å². The molecule has 1 aromatic heterocycles. The maximum Gasteiger partial charge on any atom is 0.332 e. The predicted molar refractivity (Wildman–Crippen MR) is 159 cm³/mol. The molecule has 1 atom stereocenters. The van der Waals surface area contributed by atoms with E-state index in [0.29, 0.717) is 17.0 Å². The monoisotopic (exact) mass is 518 g/mol. The molecule has 5 rings (SSSR count). The number of hydrogen-bond acceptors (Lipinski definition) is 4. The zero-order valence-electron chi connectivity index (χ0n) is 22.8. The Morgan fingerprint density at radius 2 is 1.51 bits per heavy atom. The normalized spacial score (nSPS) is 12.7. The fraction of sp³-hybridized carbons (Fsp3) is 0.265. The lowest BCUT2D eigenvalue weighted by atomic mass is 9.93. The van der Waals surface area contributed by atoms with Gasteiger partial charge in [-0.25, -0.2) is 4.79 Å². The number of carbonyl (C=O) groups excluding carboxylic acids is 2. The van der Waals surface area contributed by atoms with Crippen molar-refractivity contribution in [3.8, 4) is 0 Å². The first-order valence-corrected chi connectivity index (χ1v) is 13.8. The Bertz CT molecular complexity index is 1680. The van der Waals surface area contributed by atoms with Crippen LogP contribution in [0, 0.1) is 5.92 Å². The molecule has 4 aromatic carbocycles. The van der Waals surface area contributed by atoms with Crippen LogP contribution >= 0.6 is 0 Å². The molecule has 0 spiro atoms. The molecule has 0 amide bonds. The van der Waals surface area contributed by atoms with Gasteiger partial charge in [0.2, 0.25) is 5.78 Å². The van der Waals surface area contributed by atoms with Crippen molar-refractivity contribution in [2.75, 3.05) is 0 Å². The highest BCUT2D eigenvalue weighted by molar-refractivity contribution is 6.53. The lowest BCUT2D eigenvalue weighted by Crippen LogP contribution is -2.18.